The lowest BCUT2D eigenvalue weighted by atomic mass is 9.80. The summed E-state index contributed by atoms with van der Waals surface area (Å²) in [6, 6.07) is 7.23. The molecule has 0 radical (unpaired) electrons. The second kappa shape index (κ2) is 9.67. The molecule has 2 aliphatic rings. The lowest BCUT2D eigenvalue weighted by molar-refractivity contribution is -0.132. The molecule has 3 rings (SSSR count). The molecule has 0 bridgehead atoms. The minimum Gasteiger partial charge on any atom is -0.493 e. The molecule has 1 aromatic carbocycles. The number of Topliss-reactive ketones (excluding diaryl/α,β-unsaturated/α-hetero) is 1. The lowest BCUT2D eigenvalue weighted by Crippen LogP contribution is -2.44. The molecule has 158 valence electrons. The molecule has 3 atom stereocenters. The summed E-state index contributed by atoms with van der Waals surface area (Å²) in [5.74, 6) is 0.867. The van der Waals surface area contributed by atoms with E-state index in [1.54, 1.807) is 17.0 Å². The molecule has 0 aromatic heterocycles. The fraction of sp³-hybridized carbons (Fsp3) is 0.545. The van der Waals surface area contributed by atoms with Crippen LogP contribution in [0.25, 0.3) is 0 Å². The number of benzene rings is 1. The minimum absolute atomic E-state index is 0.0823. The molecule has 1 fully saturated rings. The zero-order valence-corrected chi connectivity index (χ0v) is 17.3. The van der Waals surface area contributed by atoms with Gasteiger partial charge in [-0.15, -0.1) is 0 Å². The molecule has 29 heavy (non-hydrogen) atoms. The van der Waals surface area contributed by atoms with Crippen molar-refractivity contribution >= 4 is 11.9 Å². The topological polar surface area (TPSA) is 74.3 Å². The highest BCUT2D eigenvalue weighted by Crippen LogP contribution is 2.36. The van der Waals surface area contributed by atoms with Crippen LogP contribution in [0, 0.1) is 5.92 Å². The zero-order valence-electron chi connectivity index (χ0n) is 17.3. The average Bonchev–Trinajstić information content (AvgIpc) is 2.72. The van der Waals surface area contributed by atoms with E-state index in [-0.39, 0.29) is 35.8 Å². The van der Waals surface area contributed by atoms with Crippen LogP contribution in [0.1, 0.15) is 40.0 Å². The van der Waals surface area contributed by atoms with Crippen molar-refractivity contribution in [1.29, 1.82) is 0 Å². The molecule has 7 heteroatoms. The van der Waals surface area contributed by atoms with Crippen LogP contribution < -0.4 is 9.47 Å². The first kappa shape index (κ1) is 21.0. The van der Waals surface area contributed by atoms with Crippen LogP contribution in [-0.2, 0) is 14.3 Å². The van der Waals surface area contributed by atoms with Crippen LogP contribution in [0.5, 0.6) is 11.5 Å². The van der Waals surface area contributed by atoms with Gasteiger partial charge in [-0.05, 0) is 45.7 Å². The third-order valence-electron chi connectivity index (χ3n) is 5.33. The molecule has 3 unspecified atom stereocenters. The van der Waals surface area contributed by atoms with Crippen molar-refractivity contribution in [3.8, 4) is 11.5 Å². The molecule has 1 amide bonds. The van der Waals surface area contributed by atoms with E-state index < -0.39 is 0 Å². The number of rotatable bonds is 7. The number of ketones is 1. The molecule has 0 spiro atoms. The predicted octanol–water partition coefficient (Wildman–Crippen LogP) is 3.92. The van der Waals surface area contributed by atoms with E-state index in [1.165, 1.54) is 6.26 Å². The van der Waals surface area contributed by atoms with Gasteiger partial charge in [0.05, 0.1) is 12.5 Å². The Kier molecular flexibility index (Phi) is 7.01. The maximum Gasteiger partial charge on any atom is 0.410 e. The summed E-state index contributed by atoms with van der Waals surface area (Å²) in [5.41, 5.74) is 0. The van der Waals surface area contributed by atoms with Gasteiger partial charge in [0.25, 0.3) is 0 Å². The molecule has 0 N–H and O–H groups in total. The Morgan fingerprint density at radius 2 is 1.86 bits per heavy atom. The van der Waals surface area contributed by atoms with E-state index in [4.69, 9.17) is 18.9 Å². The third kappa shape index (κ3) is 4.83. The van der Waals surface area contributed by atoms with E-state index in [9.17, 15) is 9.59 Å². The first-order chi connectivity index (χ1) is 14.1. The maximum absolute atomic E-state index is 12.9. The summed E-state index contributed by atoms with van der Waals surface area (Å²) >= 11 is 0. The predicted molar refractivity (Wildman–Crippen MR) is 107 cm³/mol. The van der Waals surface area contributed by atoms with Crippen LogP contribution in [0.4, 0.5) is 4.79 Å². The summed E-state index contributed by atoms with van der Waals surface area (Å²) in [6.07, 6.45) is 2.24. The van der Waals surface area contributed by atoms with Crippen LogP contribution >= 0.6 is 0 Å². The van der Waals surface area contributed by atoms with Crippen molar-refractivity contribution in [2.75, 3.05) is 19.7 Å². The Bertz CT molecular complexity index is 757. The number of carbonyl (C=O) groups is 2. The van der Waals surface area contributed by atoms with Gasteiger partial charge in [-0.2, -0.15) is 0 Å². The van der Waals surface area contributed by atoms with Gasteiger partial charge in [0.2, 0.25) is 11.5 Å². The summed E-state index contributed by atoms with van der Waals surface area (Å²) < 4.78 is 22.8. The third-order valence-corrected chi connectivity index (χ3v) is 5.33. The lowest BCUT2D eigenvalue weighted by Gasteiger charge is -2.37. The number of ether oxygens (including phenoxy) is 4. The molecule has 1 heterocycles. The second-order valence-electron chi connectivity index (χ2n) is 7.10. The monoisotopic (exact) mass is 403 g/mol. The summed E-state index contributed by atoms with van der Waals surface area (Å²) in [5, 5.41) is 0. The molecule has 1 aliphatic carbocycles. The Morgan fingerprint density at radius 1 is 1.14 bits per heavy atom. The number of amides is 1. The van der Waals surface area contributed by atoms with Crippen molar-refractivity contribution in [2.45, 2.75) is 52.2 Å². The van der Waals surface area contributed by atoms with Crippen LogP contribution in [-0.4, -0.2) is 48.7 Å². The molecular formula is C22H29NO6. The van der Waals surface area contributed by atoms with Gasteiger partial charge in [0, 0.05) is 19.5 Å². The number of allylic oxidation sites excluding steroid dienone is 1. The van der Waals surface area contributed by atoms with Gasteiger partial charge in [-0.1, -0.05) is 12.1 Å². The molecule has 1 aliphatic heterocycles. The standard InChI is InChI=1S/C22H29NO6/c1-4-23(5-2)22(25)28-15-11-12-16-19(13-15)27-14-20(21(16)24)29-18-10-8-7-9-17(18)26-6-3/h7-10,14-16,19H,4-6,11-13H2,1-3H3. The molecule has 0 saturated heterocycles. The SMILES string of the molecule is CCOc1ccccc1OC1=COC2CC(OC(=O)N(CC)CC)CCC2C1=O. The number of para-hydroxylation sites is 2. The van der Waals surface area contributed by atoms with Gasteiger partial charge in [-0.25, -0.2) is 4.79 Å². The highest BCUT2D eigenvalue weighted by Gasteiger charge is 2.42. The van der Waals surface area contributed by atoms with Crippen LogP contribution in [0.15, 0.2) is 36.3 Å². The van der Waals surface area contributed by atoms with Gasteiger partial charge in [0.1, 0.15) is 18.5 Å². The molecule has 1 aromatic rings. The van der Waals surface area contributed by atoms with Crippen LogP contribution in [0.2, 0.25) is 0 Å². The molecular weight excluding hydrogens is 374 g/mol. The van der Waals surface area contributed by atoms with Crippen molar-refractivity contribution in [1.82, 2.24) is 4.90 Å². The Morgan fingerprint density at radius 3 is 2.55 bits per heavy atom. The number of nitrogens with zero attached hydrogens (tertiary/aromatic N) is 1. The van der Waals surface area contributed by atoms with Gasteiger partial charge in [0.15, 0.2) is 11.5 Å². The fourth-order valence-corrected chi connectivity index (χ4v) is 3.74. The van der Waals surface area contributed by atoms with Crippen molar-refractivity contribution in [2.24, 2.45) is 5.92 Å². The van der Waals surface area contributed by atoms with E-state index in [2.05, 4.69) is 0 Å². The number of fused-ring (bicyclic) bond motifs is 1. The second-order valence-corrected chi connectivity index (χ2v) is 7.10. The Hall–Kier alpha value is -2.70. The van der Waals surface area contributed by atoms with Gasteiger partial charge in [-0.3, -0.25) is 4.79 Å². The van der Waals surface area contributed by atoms with E-state index in [0.29, 0.717) is 50.5 Å². The number of hydrogen-bond acceptors (Lipinski definition) is 6. The molecule has 1 saturated carbocycles. The first-order valence-corrected chi connectivity index (χ1v) is 10.3. The highest BCUT2D eigenvalue weighted by atomic mass is 16.6. The Labute approximate surface area is 171 Å². The van der Waals surface area contributed by atoms with Crippen molar-refractivity contribution < 1.29 is 28.5 Å². The number of carbonyl (C=O) groups excluding carboxylic acids is 2. The van der Waals surface area contributed by atoms with Crippen molar-refractivity contribution in [3.05, 3.63) is 36.3 Å². The first-order valence-electron chi connectivity index (χ1n) is 10.3. The van der Waals surface area contributed by atoms with E-state index >= 15 is 0 Å². The van der Waals surface area contributed by atoms with E-state index in [1.807, 2.05) is 32.9 Å². The molecule has 7 nitrogen and oxygen atoms in total. The maximum atomic E-state index is 12.9. The van der Waals surface area contributed by atoms with Crippen molar-refractivity contribution in [3.63, 3.8) is 0 Å². The Balaban J connectivity index is 1.63. The highest BCUT2D eigenvalue weighted by molar-refractivity contribution is 5.96. The normalized spacial score (nSPS) is 23.3. The largest absolute Gasteiger partial charge is 0.493 e. The summed E-state index contributed by atoms with van der Waals surface area (Å²) in [6.45, 7) is 7.44. The zero-order chi connectivity index (χ0) is 20.8. The summed E-state index contributed by atoms with van der Waals surface area (Å²) in [4.78, 5) is 26.8. The van der Waals surface area contributed by atoms with E-state index in [0.717, 1.165) is 0 Å². The van der Waals surface area contributed by atoms with Crippen LogP contribution in [0.3, 0.4) is 0 Å². The number of hydrogen-bond donors (Lipinski definition) is 0. The van der Waals surface area contributed by atoms with Gasteiger partial charge < -0.3 is 23.8 Å². The quantitative estimate of drug-likeness (QED) is 0.687. The average molecular weight is 403 g/mol. The minimum atomic E-state index is -0.312. The smallest absolute Gasteiger partial charge is 0.410 e. The summed E-state index contributed by atoms with van der Waals surface area (Å²) in [7, 11) is 0. The van der Waals surface area contributed by atoms with Gasteiger partial charge >= 0.3 is 6.09 Å². The fourth-order valence-electron chi connectivity index (χ4n) is 3.74.